The molecular formula is C22H35N3O7. The first-order valence-electron chi connectivity index (χ1n) is 10.6. The van der Waals surface area contributed by atoms with Crippen LogP contribution in [0.2, 0.25) is 0 Å². The average molecular weight is 454 g/mol. The first kappa shape index (κ1) is 27.1. The van der Waals surface area contributed by atoms with Crippen LogP contribution in [0.25, 0.3) is 0 Å². The van der Waals surface area contributed by atoms with Crippen molar-refractivity contribution in [2.45, 2.75) is 54.4 Å². The van der Waals surface area contributed by atoms with Gasteiger partial charge in [0, 0.05) is 19.2 Å². The van der Waals surface area contributed by atoms with Gasteiger partial charge in [-0.2, -0.15) is 0 Å². The number of aromatic nitrogens is 2. The molecule has 0 aliphatic rings. The minimum absolute atomic E-state index is 0.175. The third-order valence-corrected chi connectivity index (χ3v) is 6.05. The highest BCUT2D eigenvalue weighted by molar-refractivity contribution is 5.86. The van der Waals surface area contributed by atoms with Crippen LogP contribution in [0.15, 0.2) is 12.5 Å². The van der Waals surface area contributed by atoms with Crippen molar-refractivity contribution in [1.29, 1.82) is 0 Å². The van der Waals surface area contributed by atoms with Gasteiger partial charge in [0.1, 0.15) is 0 Å². The van der Waals surface area contributed by atoms with Crippen LogP contribution in [-0.2, 0) is 25.6 Å². The largest absolute Gasteiger partial charge is 0.481 e. The summed E-state index contributed by atoms with van der Waals surface area (Å²) in [4.78, 5) is 55.8. The number of imidazole rings is 1. The molecule has 10 heteroatoms. The summed E-state index contributed by atoms with van der Waals surface area (Å²) >= 11 is 0. The van der Waals surface area contributed by atoms with E-state index >= 15 is 0 Å². The molecule has 1 amide bonds. The van der Waals surface area contributed by atoms with Crippen LogP contribution < -0.4 is 5.32 Å². The van der Waals surface area contributed by atoms with Crippen molar-refractivity contribution in [3.63, 3.8) is 0 Å². The van der Waals surface area contributed by atoms with E-state index in [4.69, 9.17) is 0 Å². The lowest BCUT2D eigenvalue weighted by atomic mass is 9.60. The van der Waals surface area contributed by atoms with Gasteiger partial charge in [-0.25, -0.2) is 4.98 Å². The lowest BCUT2D eigenvalue weighted by Crippen LogP contribution is -2.49. The number of hydrogen-bond acceptors (Lipinski definition) is 5. The summed E-state index contributed by atoms with van der Waals surface area (Å²) in [5.41, 5.74) is -2.11. The lowest BCUT2D eigenvalue weighted by Gasteiger charge is -2.42. The van der Waals surface area contributed by atoms with Crippen LogP contribution in [0.1, 0.15) is 53.7 Å². The van der Waals surface area contributed by atoms with Gasteiger partial charge in [0.2, 0.25) is 5.91 Å². The molecule has 1 aromatic rings. The topological polar surface area (TPSA) is 170 Å². The van der Waals surface area contributed by atoms with Crippen LogP contribution >= 0.6 is 0 Å². The number of carboxylic acids is 3. The molecule has 3 atom stereocenters. The van der Waals surface area contributed by atoms with Crippen molar-refractivity contribution >= 4 is 23.8 Å². The van der Waals surface area contributed by atoms with Crippen LogP contribution in [-0.4, -0.2) is 55.6 Å². The average Bonchev–Trinajstić information content (AvgIpc) is 3.12. The number of H-pyrrole nitrogens is 1. The van der Waals surface area contributed by atoms with Gasteiger partial charge in [0.15, 0.2) is 0 Å². The zero-order valence-corrected chi connectivity index (χ0v) is 19.5. The number of nitrogens with zero attached hydrogens (tertiary/aromatic N) is 1. The maximum absolute atomic E-state index is 12.9. The fraction of sp³-hybridized carbons (Fsp3) is 0.682. The van der Waals surface area contributed by atoms with Crippen molar-refractivity contribution in [3.05, 3.63) is 18.2 Å². The monoisotopic (exact) mass is 453 g/mol. The molecule has 32 heavy (non-hydrogen) atoms. The van der Waals surface area contributed by atoms with Crippen LogP contribution in [0, 0.1) is 34.5 Å². The Morgan fingerprint density at radius 3 is 2.06 bits per heavy atom. The van der Waals surface area contributed by atoms with E-state index in [1.54, 1.807) is 33.9 Å². The second kappa shape index (κ2) is 10.6. The Labute approximate surface area is 187 Å². The van der Waals surface area contributed by atoms with Crippen molar-refractivity contribution in [2.75, 3.05) is 6.54 Å². The highest BCUT2D eigenvalue weighted by Gasteiger charge is 2.52. The Hall–Kier alpha value is -2.91. The summed E-state index contributed by atoms with van der Waals surface area (Å²) in [7, 11) is 0. The molecule has 3 unspecified atom stereocenters. The second-order valence-corrected chi connectivity index (χ2v) is 9.81. The molecule has 0 aromatic carbocycles. The number of hydrogen-bond donors (Lipinski definition) is 5. The summed E-state index contributed by atoms with van der Waals surface area (Å²) < 4.78 is 0. The van der Waals surface area contributed by atoms with Gasteiger partial charge in [-0.1, -0.05) is 27.7 Å². The summed E-state index contributed by atoms with van der Waals surface area (Å²) in [5.74, 6) is -8.11. The van der Waals surface area contributed by atoms with Gasteiger partial charge in [-0.15, -0.1) is 0 Å². The van der Waals surface area contributed by atoms with Gasteiger partial charge in [0.05, 0.1) is 35.2 Å². The van der Waals surface area contributed by atoms with Gasteiger partial charge in [-0.05, 0) is 31.6 Å². The first-order valence-corrected chi connectivity index (χ1v) is 10.6. The predicted octanol–water partition coefficient (Wildman–Crippen LogP) is 2.27. The number of nitrogens with one attached hydrogen (secondary N) is 2. The lowest BCUT2D eigenvalue weighted by molar-refractivity contribution is -0.168. The zero-order valence-electron chi connectivity index (χ0n) is 19.5. The van der Waals surface area contributed by atoms with Gasteiger partial charge >= 0.3 is 17.9 Å². The summed E-state index contributed by atoms with van der Waals surface area (Å²) in [6.07, 6.45) is 3.52. The Bertz CT molecular complexity index is 816. The molecule has 1 rings (SSSR count). The minimum atomic E-state index is -1.64. The highest BCUT2D eigenvalue weighted by Crippen LogP contribution is 2.46. The van der Waals surface area contributed by atoms with E-state index < -0.39 is 52.4 Å². The molecule has 10 nitrogen and oxygen atoms in total. The predicted molar refractivity (Wildman–Crippen MR) is 116 cm³/mol. The third-order valence-electron chi connectivity index (χ3n) is 6.05. The maximum Gasteiger partial charge on any atom is 0.309 e. The van der Waals surface area contributed by atoms with E-state index in [9.17, 15) is 34.5 Å². The molecule has 0 radical (unpaired) electrons. The van der Waals surface area contributed by atoms with E-state index in [0.29, 0.717) is 6.42 Å². The van der Waals surface area contributed by atoms with Gasteiger partial charge in [-0.3, -0.25) is 19.2 Å². The Kier molecular flexibility index (Phi) is 8.99. The van der Waals surface area contributed by atoms with Crippen LogP contribution in [0.3, 0.4) is 0 Å². The van der Waals surface area contributed by atoms with E-state index in [-0.39, 0.29) is 18.9 Å². The molecule has 1 aromatic heterocycles. The van der Waals surface area contributed by atoms with Crippen LogP contribution in [0.4, 0.5) is 0 Å². The minimum Gasteiger partial charge on any atom is -0.481 e. The summed E-state index contributed by atoms with van der Waals surface area (Å²) in [6.45, 7) is 9.44. The fourth-order valence-corrected chi connectivity index (χ4v) is 4.61. The number of rotatable bonds is 13. The van der Waals surface area contributed by atoms with E-state index in [1.807, 2.05) is 0 Å². The Morgan fingerprint density at radius 1 is 1.06 bits per heavy atom. The maximum atomic E-state index is 12.9. The van der Waals surface area contributed by atoms with Crippen molar-refractivity contribution in [3.8, 4) is 0 Å². The van der Waals surface area contributed by atoms with Gasteiger partial charge < -0.3 is 25.6 Å². The highest BCUT2D eigenvalue weighted by atomic mass is 16.4. The molecule has 1 heterocycles. The molecule has 5 N–H and O–H groups in total. The molecule has 0 fully saturated rings. The van der Waals surface area contributed by atoms with Crippen molar-refractivity contribution in [2.24, 2.45) is 34.5 Å². The molecule has 0 bridgehead atoms. The van der Waals surface area contributed by atoms with Crippen molar-refractivity contribution < 1.29 is 34.5 Å². The van der Waals surface area contributed by atoms with E-state index in [0.717, 1.165) is 5.69 Å². The van der Waals surface area contributed by atoms with E-state index in [2.05, 4.69) is 15.3 Å². The molecule has 180 valence electrons. The SMILES string of the molecule is CC(C)C(C(=O)NCCc1c[nH]cn1)C(CC(C)(C)C(C(=O)O)C(C)(C)C(=O)O)C(=O)O. The Morgan fingerprint density at radius 2 is 1.66 bits per heavy atom. The Balaban J connectivity index is 3.15. The second-order valence-electron chi connectivity index (χ2n) is 9.81. The number of aliphatic carboxylic acids is 3. The van der Waals surface area contributed by atoms with Crippen LogP contribution in [0.5, 0.6) is 0 Å². The summed E-state index contributed by atoms with van der Waals surface area (Å²) in [5, 5.41) is 32.1. The first-order chi connectivity index (χ1) is 14.6. The molecular weight excluding hydrogens is 418 g/mol. The molecule has 0 aliphatic heterocycles. The molecule has 0 saturated heterocycles. The number of aromatic amines is 1. The van der Waals surface area contributed by atoms with Crippen molar-refractivity contribution in [1.82, 2.24) is 15.3 Å². The molecule has 0 spiro atoms. The summed E-state index contributed by atoms with van der Waals surface area (Å²) in [6, 6.07) is 0. The number of amides is 1. The normalized spacial score (nSPS) is 15.1. The fourth-order valence-electron chi connectivity index (χ4n) is 4.61. The molecule has 0 saturated carbocycles. The third kappa shape index (κ3) is 6.54. The standard InChI is InChI=1S/C22H35N3O7/c1-12(2)15(17(26)24-8-7-13-10-23-11-25-13)14(18(27)28)9-21(3,4)16(19(29)30)22(5,6)20(31)32/h10-12,14-16H,7-9H2,1-6H3,(H,23,25)(H,24,26)(H,27,28)(H,29,30)(H,31,32). The smallest absolute Gasteiger partial charge is 0.309 e. The molecule has 0 aliphatic carbocycles. The number of carbonyl (C=O) groups is 4. The van der Waals surface area contributed by atoms with Gasteiger partial charge in [0.25, 0.3) is 0 Å². The quantitative estimate of drug-likeness (QED) is 0.303. The number of carboxylic acid groups (broad SMARTS) is 3. The number of carbonyl (C=O) groups excluding carboxylic acids is 1. The van der Waals surface area contributed by atoms with E-state index in [1.165, 1.54) is 20.2 Å². The zero-order chi connectivity index (χ0) is 24.9.